The van der Waals surface area contributed by atoms with Gasteiger partial charge in [-0.25, -0.2) is 4.98 Å². The highest BCUT2D eigenvalue weighted by molar-refractivity contribution is 5.76. The van der Waals surface area contributed by atoms with Crippen molar-refractivity contribution in [1.82, 2.24) is 14.8 Å². The minimum Gasteiger partial charge on any atom is -0.454 e. The van der Waals surface area contributed by atoms with Gasteiger partial charge < -0.3 is 19.1 Å². The number of hydrogen-bond acceptors (Lipinski definition) is 8. The van der Waals surface area contributed by atoms with Crippen molar-refractivity contribution in [1.29, 1.82) is 0 Å². The van der Waals surface area contributed by atoms with E-state index in [1.54, 1.807) is 6.92 Å². The van der Waals surface area contributed by atoms with Gasteiger partial charge in [-0.05, 0) is 48.7 Å². The van der Waals surface area contributed by atoms with Crippen LogP contribution >= 0.6 is 0 Å². The number of pyridine rings is 1. The molecule has 1 aromatic heterocycles. The second kappa shape index (κ2) is 10.8. The summed E-state index contributed by atoms with van der Waals surface area (Å²) in [5, 5.41) is 10.9. The van der Waals surface area contributed by atoms with Gasteiger partial charge in [-0.15, -0.1) is 0 Å². The van der Waals surface area contributed by atoms with Crippen LogP contribution in [0.5, 0.6) is 23.1 Å². The van der Waals surface area contributed by atoms with E-state index in [9.17, 15) is 14.9 Å². The minimum absolute atomic E-state index is 0.0431. The lowest BCUT2D eigenvalue weighted by Crippen LogP contribution is -2.48. The lowest BCUT2D eigenvalue weighted by atomic mass is 10.1. The first kappa shape index (κ1) is 24.5. The molecule has 3 heterocycles. The number of fused-ring (bicyclic) bond motifs is 1. The molecule has 0 saturated carbocycles. The zero-order chi connectivity index (χ0) is 25.8. The quantitative estimate of drug-likeness (QED) is 0.333. The number of aromatic nitrogens is 1. The normalized spacial score (nSPS) is 15.0. The summed E-state index contributed by atoms with van der Waals surface area (Å²) in [6, 6.07) is 16.4. The smallest absolute Gasteiger partial charge is 0.290 e. The zero-order valence-electron chi connectivity index (χ0n) is 20.6. The number of piperazine rings is 1. The maximum absolute atomic E-state index is 12.8. The van der Waals surface area contributed by atoms with E-state index in [1.165, 1.54) is 17.7 Å². The molecule has 2 aliphatic heterocycles. The SMILES string of the molecule is Cc1nc(Oc2ccc(CCC(=O)N3CCN(Cc4ccc5c(c4)OCO5)CC3)cc2)ccc1[N+](=O)[O-]. The summed E-state index contributed by atoms with van der Waals surface area (Å²) >= 11 is 0. The number of rotatable bonds is 8. The zero-order valence-corrected chi connectivity index (χ0v) is 20.6. The van der Waals surface area contributed by atoms with Crippen LogP contribution in [-0.2, 0) is 17.8 Å². The van der Waals surface area contributed by atoms with Crippen LogP contribution in [0.1, 0.15) is 23.2 Å². The molecule has 0 unspecified atom stereocenters. The van der Waals surface area contributed by atoms with Gasteiger partial charge in [-0.3, -0.25) is 19.8 Å². The second-order valence-electron chi connectivity index (χ2n) is 9.10. The van der Waals surface area contributed by atoms with Crippen LogP contribution in [0.4, 0.5) is 5.69 Å². The molecule has 2 aromatic carbocycles. The molecule has 37 heavy (non-hydrogen) atoms. The van der Waals surface area contributed by atoms with E-state index in [0.29, 0.717) is 30.2 Å². The average Bonchev–Trinajstić information content (AvgIpc) is 3.36. The van der Waals surface area contributed by atoms with Crippen molar-refractivity contribution in [2.24, 2.45) is 0 Å². The highest BCUT2D eigenvalue weighted by Crippen LogP contribution is 2.33. The van der Waals surface area contributed by atoms with E-state index < -0.39 is 4.92 Å². The standard InChI is InChI=1S/C27H28N4O6/c1-19-23(31(33)34)8-10-26(28-19)37-22-6-2-20(3-7-22)5-11-27(32)30-14-12-29(13-15-30)17-21-4-9-24-25(16-21)36-18-35-24/h2-4,6-10,16H,5,11-15,17-18H2,1H3. The summed E-state index contributed by atoms with van der Waals surface area (Å²) in [5.74, 6) is 2.62. The topological polar surface area (TPSA) is 107 Å². The molecule has 1 saturated heterocycles. The van der Waals surface area contributed by atoms with Crippen molar-refractivity contribution < 1.29 is 23.9 Å². The molecular formula is C27H28N4O6. The number of ether oxygens (including phenoxy) is 3. The predicted molar refractivity (Wildman–Crippen MR) is 135 cm³/mol. The van der Waals surface area contributed by atoms with Gasteiger partial charge in [-0.2, -0.15) is 0 Å². The highest BCUT2D eigenvalue weighted by Gasteiger charge is 2.22. The third-order valence-electron chi connectivity index (χ3n) is 6.57. The van der Waals surface area contributed by atoms with E-state index in [1.807, 2.05) is 41.3 Å². The Kier molecular flexibility index (Phi) is 7.18. The predicted octanol–water partition coefficient (Wildman–Crippen LogP) is 4.10. The van der Waals surface area contributed by atoms with Crippen molar-refractivity contribution in [3.63, 3.8) is 0 Å². The van der Waals surface area contributed by atoms with Crippen molar-refractivity contribution in [2.75, 3.05) is 33.0 Å². The first-order valence-electron chi connectivity index (χ1n) is 12.2. The van der Waals surface area contributed by atoms with Crippen molar-refractivity contribution in [2.45, 2.75) is 26.3 Å². The van der Waals surface area contributed by atoms with Gasteiger partial charge in [-0.1, -0.05) is 18.2 Å². The first-order chi connectivity index (χ1) is 17.9. The number of aryl methyl sites for hydroxylation is 2. The average molecular weight is 505 g/mol. The van der Waals surface area contributed by atoms with E-state index in [0.717, 1.165) is 49.8 Å². The van der Waals surface area contributed by atoms with Crippen LogP contribution in [0.25, 0.3) is 0 Å². The number of nitro groups is 1. The second-order valence-corrected chi connectivity index (χ2v) is 9.10. The Morgan fingerprint density at radius 2 is 1.73 bits per heavy atom. The van der Waals surface area contributed by atoms with Gasteiger partial charge in [0.25, 0.3) is 5.69 Å². The van der Waals surface area contributed by atoms with Crippen LogP contribution < -0.4 is 14.2 Å². The van der Waals surface area contributed by atoms with Crippen LogP contribution in [0, 0.1) is 17.0 Å². The monoisotopic (exact) mass is 504 g/mol. The van der Waals surface area contributed by atoms with Crippen LogP contribution in [0.2, 0.25) is 0 Å². The largest absolute Gasteiger partial charge is 0.454 e. The van der Waals surface area contributed by atoms with Crippen LogP contribution in [0.15, 0.2) is 54.6 Å². The van der Waals surface area contributed by atoms with Crippen molar-refractivity contribution in [3.8, 4) is 23.1 Å². The number of hydrogen-bond donors (Lipinski definition) is 0. The maximum atomic E-state index is 12.8. The number of benzene rings is 2. The van der Waals surface area contributed by atoms with E-state index in [4.69, 9.17) is 14.2 Å². The number of nitrogens with zero attached hydrogens (tertiary/aromatic N) is 4. The van der Waals surface area contributed by atoms with Crippen molar-refractivity contribution >= 4 is 11.6 Å². The third-order valence-corrected chi connectivity index (χ3v) is 6.57. The molecule has 10 nitrogen and oxygen atoms in total. The molecule has 1 fully saturated rings. The van der Waals surface area contributed by atoms with E-state index in [2.05, 4.69) is 16.0 Å². The molecule has 10 heteroatoms. The van der Waals surface area contributed by atoms with Gasteiger partial charge >= 0.3 is 0 Å². The van der Waals surface area contributed by atoms with E-state index in [-0.39, 0.29) is 18.4 Å². The van der Waals surface area contributed by atoms with Gasteiger partial charge in [0, 0.05) is 51.3 Å². The summed E-state index contributed by atoms with van der Waals surface area (Å²) in [6.45, 7) is 5.78. The molecule has 192 valence electrons. The minimum atomic E-state index is -0.469. The Labute approximate surface area is 214 Å². The summed E-state index contributed by atoms with van der Waals surface area (Å²) in [4.78, 5) is 31.7. The number of carbonyl (C=O) groups is 1. The summed E-state index contributed by atoms with van der Waals surface area (Å²) in [7, 11) is 0. The molecule has 3 aromatic rings. The Morgan fingerprint density at radius 1 is 1.00 bits per heavy atom. The molecule has 0 bridgehead atoms. The molecule has 0 atom stereocenters. The lowest BCUT2D eigenvalue weighted by molar-refractivity contribution is -0.385. The molecule has 0 radical (unpaired) electrons. The highest BCUT2D eigenvalue weighted by atomic mass is 16.7. The Morgan fingerprint density at radius 3 is 2.46 bits per heavy atom. The van der Waals surface area contributed by atoms with Crippen LogP contribution in [0.3, 0.4) is 0 Å². The lowest BCUT2D eigenvalue weighted by Gasteiger charge is -2.34. The first-order valence-corrected chi connectivity index (χ1v) is 12.2. The molecule has 0 N–H and O–H groups in total. The maximum Gasteiger partial charge on any atom is 0.290 e. The Bertz CT molecular complexity index is 1290. The van der Waals surface area contributed by atoms with E-state index >= 15 is 0 Å². The Hall–Kier alpha value is -4.18. The summed E-state index contributed by atoms with van der Waals surface area (Å²) < 4.78 is 16.6. The fraction of sp³-hybridized carbons (Fsp3) is 0.333. The summed E-state index contributed by atoms with van der Waals surface area (Å²) in [6.07, 6.45) is 1.09. The third kappa shape index (κ3) is 5.97. The fourth-order valence-electron chi connectivity index (χ4n) is 4.49. The molecule has 2 aliphatic rings. The number of carbonyl (C=O) groups excluding carboxylic acids is 1. The summed E-state index contributed by atoms with van der Waals surface area (Å²) in [5.41, 5.74) is 2.47. The van der Waals surface area contributed by atoms with Gasteiger partial charge in [0.2, 0.25) is 18.6 Å². The fourth-order valence-corrected chi connectivity index (χ4v) is 4.49. The Balaban J connectivity index is 1.06. The van der Waals surface area contributed by atoms with Gasteiger partial charge in [0.15, 0.2) is 11.5 Å². The molecular weight excluding hydrogens is 476 g/mol. The molecule has 0 spiro atoms. The van der Waals surface area contributed by atoms with Gasteiger partial charge in [0.1, 0.15) is 11.4 Å². The van der Waals surface area contributed by atoms with Crippen molar-refractivity contribution in [3.05, 3.63) is 81.5 Å². The van der Waals surface area contributed by atoms with Gasteiger partial charge in [0.05, 0.1) is 4.92 Å². The molecule has 5 rings (SSSR count). The van der Waals surface area contributed by atoms with Crippen LogP contribution in [-0.4, -0.2) is 58.6 Å². The number of amides is 1. The molecule has 1 amide bonds. The molecule has 0 aliphatic carbocycles.